The summed E-state index contributed by atoms with van der Waals surface area (Å²) < 4.78 is 11.4. The molecule has 0 saturated heterocycles. The molecule has 1 aliphatic carbocycles. The summed E-state index contributed by atoms with van der Waals surface area (Å²) >= 11 is 0. The van der Waals surface area contributed by atoms with E-state index >= 15 is 0 Å². The predicted octanol–water partition coefficient (Wildman–Crippen LogP) is 9.60. The maximum Gasteiger partial charge on any atom is 0.314 e. The molecule has 0 unspecified atom stereocenters. The fraction of sp³-hybridized carbons (Fsp3) is 0.333. The Morgan fingerprint density at radius 3 is 1.10 bits per heavy atom. The van der Waals surface area contributed by atoms with E-state index in [-0.39, 0.29) is 35.6 Å². The van der Waals surface area contributed by atoms with E-state index in [1.54, 1.807) is 24.3 Å². The third-order valence-corrected chi connectivity index (χ3v) is 9.06. The number of carbonyl (C=O) groups excluding carboxylic acids is 4. The molecule has 0 aromatic heterocycles. The first-order valence-electron chi connectivity index (χ1n) is 17.8. The molecule has 0 radical (unpaired) electrons. The van der Waals surface area contributed by atoms with Gasteiger partial charge in [-0.2, -0.15) is 0 Å². The first kappa shape index (κ1) is 36.1. The minimum absolute atomic E-state index is 0.0203. The van der Waals surface area contributed by atoms with Gasteiger partial charge in [-0.05, 0) is 109 Å². The van der Waals surface area contributed by atoms with Crippen molar-refractivity contribution in [1.29, 1.82) is 0 Å². The molecule has 5 rings (SSSR count). The zero-order chi connectivity index (χ0) is 35.3. The van der Waals surface area contributed by atoms with E-state index in [2.05, 4.69) is 24.5 Å². The third kappa shape index (κ3) is 10.4. The van der Waals surface area contributed by atoms with E-state index in [4.69, 9.17) is 9.47 Å². The Morgan fingerprint density at radius 1 is 0.500 bits per heavy atom. The van der Waals surface area contributed by atoms with Gasteiger partial charge in [-0.1, -0.05) is 75.2 Å². The van der Waals surface area contributed by atoms with E-state index < -0.39 is 0 Å². The van der Waals surface area contributed by atoms with Crippen LogP contribution in [0.5, 0.6) is 11.5 Å². The second kappa shape index (κ2) is 18.0. The van der Waals surface area contributed by atoms with Gasteiger partial charge in [0.05, 0.1) is 11.8 Å². The SMILES string of the molecule is CCCCC(=O)Nc1ccc(-c2ccc(OC(=O)C3CCC(C(=O)Oc4ccc(-c5ccc(NC(=O)CCCC)cc5)cc4)CC3)cc2)cc1. The molecule has 1 fully saturated rings. The minimum atomic E-state index is -0.282. The van der Waals surface area contributed by atoms with Gasteiger partial charge < -0.3 is 20.1 Å². The largest absolute Gasteiger partial charge is 0.426 e. The quantitative estimate of drug-likeness (QED) is 0.102. The highest BCUT2D eigenvalue weighted by molar-refractivity contribution is 5.91. The summed E-state index contributed by atoms with van der Waals surface area (Å²) in [6, 6.07) is 30.1. The number of ether oxygens (including phenoxy) is 2. The molecule has 50 heavy (non-hydrogen) atoms. The van der Waals surface area contributed by atoms with Gasteiger partial charge >= 0.3 is 11.9 Å². The minimum Gasteiger partial charge on any atom is -0.426 e. The molecule has 2 N–H and O–H groups in total. The van der Waals surface area contributed by atoms with Crippen molar-refractivity contribution in [2.75, 3.05) is 10.6 Å². The van der Waals surface area contributed by atoms with E-state index in [0.717, 1.165) is 59.3 Å². The van der Waals surface area contributed by atoms with Gasteiger partial charge in [0.1, 0.15) is 11.5 Å². The Balaban J connectivity index is 1.05. The summed E-state index contributed by atoms with van der Waals surface area (Å²) in [5.41, 5.74) is 5.46. The van der Waals surface area contributed by atoms with Gasteiger partial charge in [0.15, 0.2) is 0 Å². The lowest BCUT2D eigenvalue weighted by Crippen LogP contribution is -2.30. The van der Waals surface area contributed by atoms with Crippen LogP contribution >= 0.6 is 0 Å². The standard InChI is InChI=1S/C42H46N2O6/c1-3-5-7-39(45)43-35-21-13-29(14-22-35)31-17-25-37(26-18-31)49-41(47)33-9-11-34(12-10-33)42(48)50-38-27-19-32(20-28-38)30-15-23-36(24-16-30)44-40(46)8-6-4-2/h13-28,33-34H,3-12H2,1-2H3,(H,43,45)(H,44,46). The van der Waals surface area contributed by atoms with Gasteiger partial charge in [0, 0.05) is 24.2 Å². The molecular weight excluding hydrogens is 628 g/mol. The lowest BCUT2D eigenvalue weighted by molar-refractivity contribution is -0.145. The molecule has 0 atom stereocenters. The van der Waals surface area contributed by atoms with E-state index in [9.17, 15) is 19.2 Å². The average Bonchev–Trinajstić information content (AvgIpc) is 3.14. The normalized spacial score (nSPS) is 15.5. The number of rotatable bonds is 14. The Labute approximate surface area is 294 Å². The van der Waals surface area contributed by atoms with Crippen molar-refractivity contribution >= 4 is 35.1 Å². The summed E-state index contributed by atoms with van der Waals surface area (Å²) in [7, 11) is 0. The van der Waals surface area contributed by atoms with Gasteiger partial charge in [-0.15, -0.1) is 0 Å². The first-order valence-corrected chi connectivity index (χ1v) is 17.8. The monoisotopic (exact) mass is 674 g/mol. The molecule has 0 aliphatic heterocycles. The Hall–Kier alpha value is -5.24. The highest BCUT2D eigenvalue weighted by atomic mass is 16.5. The zero-order valence-corrected chi connectivity index (χ0v) is 28.9. The van der Waals surface area contributed by atoms with E-state index in [0.29, 0.717) is 50.0 Å². The van der Waals surface area contributed by atoms with Crippen LogP contribution in [-0.2, 0) is 19.2 Å². The molecule has 1 aliphatic rings. The lowest BCUT2D eigenvalue weighted by atomic mass is 9.82. The number of benzene rings is 4. The topological polar surface area (TPSA) is 111 Å². The van der Waals surface area contributed by atoms with Crippen LogP contribution in [0, 0.1) is 11.8 Å². The molecule has 0 bridgehead atoms. The van der Waals surface area contributed by atoms with Crippen molar-refractivity contribution in [1.82, 2.24) is 0 Å². The summed E-state index contributed by atoms with van der Waals surface area (Å²) in [6.45, 7) is 4.12. The highest BCUT2D eigenvalue weighted by Gasteiger charge is 2.32. The van der Waals surface area contributed by atoms with Crippen LogP contribution in [0.2, 0.25) is 0 Å². The number of anilines is 2. The summed E-state index contributed by atoms with van der Waals surface area (Å²) in [5, 5.41) is 5.84. The van der Waals surface area contributed by atoms with Crippen molar-refractivity contribution < 1.29 is 28.7 Å². The second-order valence-electron chi connectivity index (χ2n) is 12.9. The van der Waals surface area contributed by atoms with Crippen LogP contribution in [0.1, 0.15) is 78.1 Å². The Kier molecular flexibility index (Phi) is 12.9. The zero-order valence-electron chi connectivity index (χ0n) is 28.9. The second-order valence-corrected chi connectivity index (χ2v) is 12.9. The maximum atomic E-state index is 12.9. The van der Waals surface area contributed by atoms with E-state index in [1.165, 1.54) is 0 Å². The smallest absolute Gasteiger partial charge is 0.314 e. The van der Waals surface area contributed by atoms with Crippen LogP contribution in [0.25, 0.3) is 22.3 Å². The molecule has 2 amide bonds. The Bertz CT molecular complexity index is 1590. The number of nitrogens with one attached hydrogen (secondary N) is 2. The number of hydrogen-bond acceptors (Lipinski definition) is 6. The van der Waals surface area contributed by atoms with Crippen molar-refractivity contribution in [2.24, 2.45) is 11.8 Å². The highest BCUT2D eigenvalue weighted by Crippen LogP contribution is 2.32. The van der Waals surface area contributed by atoms with Gasteiger partial charge in [-0.3, -0.25) is 19.2 Å². The molecular formula is C42H46N2O6. The molecule has 4 aromatic rings. The van der Waals surface area contributed by atoms with Crippen molar-refractivity contribution in [3.8, 4) is 33.8 Å². The van der Waals surface area contributed by atoms with Crippen LogP contribution < -0.4 is 20.1 Å². The number of esters is 2. The van der Waals surface area contributed by atoms with Crippen LogP contribution in [-0.4, -0.2) is 23.8 Å². The predicted molar refractivity (Wildman–Crippen MR) is 197 cm³/mol. The number of carbonyl (C=O) groups is 4. The fourth-order valence-corrected chi connectivity index (χ4v) is 6.01. The molecule has 0 heterocycles. The number of unbranched alkanes of at least 4 members (excludes halogenated alkanes) is 2. The first-order chi connectivity index (χ1) is 24.3. The number of amides is 2. The summed E-state index contributed by atoms with van der Waals surface area (Å²) in [6.07, 6.45) is 6.98. The summed E-state index contributed by atoms with van der Waals surface area (Å²) in [4.78, 5) is 49.9. The van der Waals surface area contributed by atoms with Gasteiger partial charge in [-0.25, -0.2) is 0 Å². The molecule has 0 spiro atoms. The third-order valence-electron chi connectivity index (χ3n) is 9.06. The van der Waals surface area contributed by atoms with Crippen molar-refractivity contribution in [3.63, 3.8) is 0 Å². The van der Waals surface area contributed by atoms with Crippen molar-refractivity contribution in [2.45, 2.75) is 78.1 Å². The Morgan fingerprint density at radius 2 is 0.800 bits per heavy atom. The van der Waals surface area contributed by atoms with Crippen LogP contribution in [0.15, 0.2) is 97.1 Å². The molecule has 8 nitrogen and oxygen atoms in total. The van der Waals surface area contributed by atoms with Crippen LogP contribution in [0.4, 0.5) is 11.4 Å². The summed E-state index contributed by atoms with van der Waals surface area (Å²) in [5.74, 6) is -0.102. The average molecular weight is 675 g/mol. The van der Waals surface area contributed by atoms with Gasteiger partial charge in [0.25, 0.3) is 0 Å². The lowest BCUT2D eigenvalue weighted by Gasteiger charge is -2.25. The van der Waals surface area contributed by atoms with Gasteiger partial charge in [0.2, 0.25) is 11.8 Å². The van der Waals surface area contributed by atoms with Crippen molar-refractivity contribution in [3.05, 3.63) is 97.1 Å². The molecule has 4 aromatic carbocycles. The number of hydrogen-bond donors (Lipinski definition) is 2. The molecule has 1 saturated carbocycles. The maximum absolute atomic E-state index is 12.9. The van der Waals surface area contributed by atoms with E-state index in [1.807, 2.05) is 72.8 Å². The molecule has 260 valence electrons. The van der Waals surface area contributed by atoms with Crippen LogP contribution in [0.3, 0.4) is 0 Å². The molecule has 8 heteroatoms. The fourth-order valence-electron chi connectivity index (χ4n) is 6.01.